The standard InChI is InChI=1S/C12H14N4OS/c1-15-7-9(13)11(14-15)12(17)16-4-2-10-8(6-16)3-5-18-10/h3,5,7H,2,4,6,13H2,1H3. The SMILES string of the molecule is Cn1cc(N)c(C(=O)N2CCc3sccc3C2)n1. The number of nitrogen functional groups attached to an aromatic ring is 1. The largest absolute Gasteiger partial charge is 0.396 e. The van der Waals surface area contributed by atoms with Crippen LogP contribution in [0.5, 0.6) is 0 Å². The van der Waals surface area contributed by atoms with E-state index < -0.39 is 0 Å². The van der Waals surface area contributed by atoms with Gasteiger partial charge in [-0.2, -0.15) is 5.10 Å². The summed E-state index contributed by atoms with van der Waals surface area (Å²) in [7, 11) is 1.76. The first-order valence-electron chi connectivity index (χ1n) is 5.79. The van der Waals surface area contributed by atoms with Crippen LogP contribution in [-0.2, 0) is 20.0 Å². The minimum Gasteiger partial charge on any atom is -0.396 e. The lowest BCUT2D eigenvalue weighted by Gasteiger charge is -2.26. The van der Waals surface area contributed by atoms with Crippen molar-refractivity contribution in [2.24, 2.45) is 7.05 Å². The monoisotopic (exact) mass is 262 g/mol. The van der Waals surface area contributed by atoms with Crippen LogP contribution in [0.4, 0.5) is 5.69 Å². The molecule has 1 amide bonds. The molecule has 0 spiro atoms. The molecule has 0 unspecified atom stereocenters. The van der Waals surface area contributed by atoms with Crippen molar-refractivity contribution in [3.63, 3.8) is 0 Å². The summed E-state index contributed by atoms with van der Waals surface area (Å²) in [6, 6.07) is 2.08. The Hall–Kier alpha value is -1.82. The van der Waals surface area contributed by atoms with Gasteiger partial charge < -0.3 is 10.6 Å². The van der Waals surface area contributed by atoms with E-state index in [1.807, 2.05) is 4.90 Å². The van der Waals surface area contributed by atoms with Gasteiger partial charge in [-0.25, -0.2) is 0 Å². The molecule has 0 aliphatic carbocycles. The van der Waals surface area contributed by atoms with Crippen LogP contribution in [0.2, 0.25) is 0 Å². The summed E-state index contributed by atoms with van der Waals surface area (Å²) in [5.41, 5.74) is 7.84. The molecule has 18 heavy (non-hydrogen) atoms. The van der Waals surface area contributed by atoms with E-state index in [-0.39, 0.29) is 5.91 Å². The fraction of sp³-hybridized carbons (Fsp3) is 0.333. The quantitative estimate of drug-likeness (QED) is 0.841. The van der Waals surface area contributed by atoms with Crippen LogP contribution in [0.3, 0.4) is 0 Å². The Morgan fingerprint density at radius 2 is 2.39 bits per heavy atom. The first-order chi connectivity index (χ1) is 8.65. The molecule has 5 nitrogen and oxygen atoms in total. The number of nitrogens with two attached hydrogens (primary N) is 1. The molecule has 94 valence electrons. The van der Waals surface area contributed by atoms with Crippen molar-refractivity contribution < 1.29 is 4.79 Å². The number of aromatic nitrogens is 2. The highest BCUT2D eigenvalue weighted by atomic mass is 32.1. The van der Waals surface area contributed by atoms with Crippen LogP contribution in [0.25, 0.3) is 0 Å². The number of hydrogen-bond acceptors (Lipinski definition) is 4. The molecule has 0 fully saturated rings. The Morgan fingerprint density at radius 3 is 3.11 bits per heavy atom. The van der Waals surface area contributed by atoms with E-state index >= 15 is 0 Å². The number of carbonyl (C=O) groups excluding carboxylic acids is 1. The Labute approximate surface area is 109 Å². The second kappa shape index (κ2) is 4.13. The molecule has 0 saturated carbocycles. The van der Waals surface area contributed by atoms with E-state index in [1.54, 1.807) is 29.3 Å². The molecule has 2 N–H and O–H groups in total. The highest BCUT2D eigenvalue weighted by molar-refractivity contribution is 7.10. The lowest BCUT2D eigenvalue weighted by molar-refractivity contribution is 0.0730. The Kier molecular flexibility index (Phi) is 2.59. The van der Waals surface area contributed by atoms with Gasteiger partial charge >= 0.3 is 0 Å². The Balaban J connectivity index is 1.85. The number of carbonyl (C=O) groups is 1. The van der Waals surface area contributed by atoms with E-state index in [9.17, 15) is 4.79 Å². The van der Waals surface area contributed by atoms with Gasteiger partial charge in [0.05, 0.1) is 5.69 Å². The predicted molar refractivity (Wildman–Crippen MR) is 70.4 cm³/mol. The van der Waals surface area contributed by atoms with Crippen molar-refractivity contribution in [2.75, 3.05) is 12.3 Å². The summed E-state index contributed by atoms with van der Waals surface area (Å²) >= 11 is 1.76. The first-order valence-corrected chi connectivity index (χ1v) is 6.67. The fourth-order valence-electron chi connectivity index (χ4n) is 2.24. The lowest BCUT2D eigenvalue weighted by Crippen LogP contribution is -2.36. The molecular weight excluding hydrogens is 248 g/mol. The summed E-state index contributed by atoms with van der Waals surface area (Å²) in [5.74, 6) is -0.0787. The molecule has 0 saturated heterocycles. The van der Waals surface area contributed by atoms with Gasteiger partial charge in [0.15, 0.2) is 5.69 Å². The molecule has 0 bridgehead atoms. The Bertz CT molecular complexity index is 601. The van der Waals surface area contributed by atoms with E-state index in [4.69, 9.17) is 5.73 Å². The van der Waals surface area contributed by atoms with Gasteiger partial charge in [0.2, 0.25) is 0 Å². The smallest absolute Gasteiger partial charge is 0.276 e. The van der Waals surface area contributed by atoms with Crippen LogP contribution < -0.4 is 5.73 Å². The third kappa shape index (κ3) is 1.78. The molecular formula is C12H14N4OS. The number of hydrogen-bond donors (Lipinski definition) is 1. The maximum atomic E-state index is 12.3. The van der Waals surface area contributed by atoms with Crippen LogP contribution >= 0.6 is 11.3 Å². The highest BCUT2D eigenvalue weighted by Crippen LogP contribution is 2.25. The van der Waals surface area contributed by atoms with Gasteiger partial charge in [-0.15, -0.1) is 11.3 Å². The summed E-state index contributed by atoms with van der Waals surface area (Å²) in [4.78, 5) is 15.5. The number of anilines is 1. The van der Waals surface area contributed by atoms with Gasteiger partial charge in [-0.3, -0.25) is 9.48 Å². The van der Waals surface area contributed by atoms with Crippen molar-refractivity contribution in [2.45, 2.75) is 13.0 Å². The molecule has 3 heterocycles. The molecule has 2 aromatic heterocycles. The summed E-state index contributed by atoms with van der Waals surface area (Å²) < 4.78 is 1.57. The number of rotatable bonds is 1. The first kappa shape index (κ1) is 11.3. The van der Waals surface area contributed by atoms with Crippen molar-refractivity contribution in [3.05, 3.63) is 33.8 Å². The zero-order valence-electron chi connectivity index (χ0n) is 10.1. The number of nitrogens with zero attached hydrogens (tertiary/aromatic N) is 3. The van der Waals surface area contributed by atoms with Crippen LogP contribution in [0.1, 0.15) is 20.9 Å². The third-order valence-electron chi connectivity index (χ3n) is 3.15. The normalized spacial score (nSPS) is 14.6. The van der Waals surface area contributed by atoms with Gasteiger partial charge in [0.1, 0.15) is 0 Å². The van der Waals surface area contributed by atoms with Crippen LogP contribution in [-0.4, -0.2) is 27.1 Å². The highest BCUT2D eigenvalue weighted by Gasteiger charge is 2.25. The second-order valence-electron chi connectivity index (χ2n) is 4.45. The molecule has 1 aliphatic heterocycles. The minimum absolute atomic E-state index is 0.0787. The van der Waals surface area contributed by atoms with E-state index in [2.05, 4.69) is 16.5 Å². The summed E-state index contributed by atoms with van der Waals surface area (Å²) in [6.07, 6.45) is 2.58. The van der Waals surface area contributed by atoms with Crippen molar-refractivity contribution >= 4 is 22.9 Å². The topological polar surface area (TPSA) is 64.2 Å². The Morgan fingerprint density at radius 1 is 1.56 bits per heavy atom. The second-order valence-corrected chi connectivity index (χ2v) is 5.45. The average molecular weight is 262 g/mol. The van der Waals surface area contributed by atoms with E-state index in [0.29, 0.717) is 17.9 Å². The van der Waals surface area contributed by atoms with Crippen LogP contribution in [0, 0.1) is 0 Å². The molecule has 0 radical (unpaired) electrons. The molecule has 0 atom stereocenters. The van der Waals surface area contributed by atoms with Crippen molar-refractivity contribution in [3.8, 4) is 0 Å². The average Bonchev–Trinajstić information content (AvgIpc) is 2.93. The minimum atomic E-state index is -0.0787. The predicted octanol–water partition coefficient (Wildman–Crippen LogP) is 1.26. The van der Waals surface area contributed by atoms with Gasteiger partial charge in [-0.1, -0.05) is 0 Å². The van der Waals surface area contributed by atoms with Gasteiger partial charge in [-0.05, 0) is 23.4 Å². The van der Waals surface area contributed by atoms with Crippen molar-refractivity contribution in [1.82, 2.24) is 14.7 Å². The maximum Gasteiger partial charge on any atom is 0.276 e. The van der Waals surface area contributed by atoms with Crippen LogP contribution in [0.15, 0.2) is 17.6 Å². The fourth-order valence-corrected chi connectivity index (χ4v) is 3.13. The number of thiophene rings is 1. The third-order valence-corrected chi connectivity index (χ3v) is 4.18. The lowest BCUT2D eigenvalue weighted by atomic mass is 10.1. The number of aryl methyl sites for hydroxylation is 1. The molecule has 2 aromatic rings. The zero-order chi connectivity index (χ0) is 12.7. The molecule has 0 aromatic carbocycles. The van der Waals surface area contributed by atoms with Gasteiger partial charge in [0.25, 0.3) is 5.91 Å². The zero-order valence-corrected chi connectivity index (χ0v) is 10.9. The van der Waals surface area contributed by atoms with Crippen molar-refractivity contribution in [1.29, 1.82) is 0 Å². The number of amides is 1. The summed E-state index contributed by atoms with van der Waals surface area (Å²) in [6.45, 7) is 1.40. The van der Waals surface area contributed by atoms with E-state index in [1.165, 1.54) is 10.4 Å². The molecule has 3 rings (SSSR count). The van der Waals surface area contributed by atoms with Gasteiger partial charge in [0, 0.05) is 31.2 Å². The molecule has 6 heteroatoms. The summed E-state index contributed by atoms with van der Waals surface area (Å²) in [5, 5.41) is 6.21. The number of fused-ring (bicyclic) bond motifs is 1. The van der Waals surface area contributed by atoms with E-state index in [0.717, 1.165) is 13.0 Å². The maximum absolute atomic E-state index is 12.3. The molecule has 1 aliphatic rings.